The molecule has 0 spiro atoms. The summed E-state index contributed by atoms with van der Waals surface area (Å²) in [6.07, 6.45) is 2.61. The number of aliphatic hydroxyl groups is 1. The molecule has 4 heteroatoms. The summed E-state index contributed by atoms with van der Waals surface area (Å²) in [5.74, 6) is 1.15. The smallest absolute Gasteiger partial charge is 0.0602 e. The first-order valence-electron chi connectivity index (χ1n) is 7.14. The van der Waals surface area contributed by atoms with E-state index in [0.717, 1.165) is 12.5 Å². The van der Waals surface area contributed by atoms with Crippen molar-refractivity contribution in [3.63, 3.8) is 0 Å². The molecule has 0 radical (unpaired) electrons. The number of aliphatic hydroxyl groups excluding tert-OH is 1. The van der Waals surface area contributed by atoms with Crippen LogP contribution in [0.25, 0.3) is 0 Å². The minimum atomic E-state index is 0.00746. The van der Waals surface area contributed by atoms with Crippen LogP contribution < -0.4 is 5.73 Å². The van der Waals surface area contributed by atoms with Crippen LogP contribution in [0, 0.1) is 11.8 Å². The Morgan fingerprint density at radius 1 is 1.33 bits per heavy atom. The van der Waals surface area contributed by atoms with Gasteiger partial charge >= 0.3 is 0 Å². The monoisotopic (exact) mass is 258 g/mol. The SMILES string of the molecule is COCCN(C(C)C1CC1)C(CO)C(N)C(C)C. The van der Waals surface area contributed by atoms with Gasteiger partial charge < -0.3 is 15.6 Å². The molecule has 0 aromatic heterocycles. The van der Waals surface area contributed by atoms with Gasteiger partial charge in [-0.15, -0.1) is 0 Å². The van der Waals surface area contributed by atoms with Gasteiger partial charge in [-0.3, -0.25) is 4.90 Å². The molecule has 0 aromatic rings. The summed E-state index contributed by atoms with van der Waals surface area (Å²) in [6, 6.07) is 0.533. The minimum absolute atomic E-state index is 0.00746. The van der Waals surface area contributed by atoms with Gasteiger partial charge in [0.15, 0.2) is 0 Å². The average molecular weight is 258 g/mol. The Balaban J connectivity index is 2.70. The zero-order valence-corrected chi connectivity index (χ0v) is 12.3. The molecule has 3 atom stereocenters. The lowest BCUT2D eigenvalue weighted by molar-refractivity contribution is 0.0331. The minimum Gasteiger partial charge on any atom is -0.395 e. The normalized spacial score (nSPS) is 21.3. The molecular weight excluding hydrogens is 228 g/mol. The third kappa shape index (κ3) is 4.19. The first-order chi connectivity index (χ1) is 8.52. The molecule has 18 heavy (non-hydrogen) atoms. The number of ether oxygens (including phenoxy) is 1. The van der Waals surface area contributed by atoms with Gasteiger partial charge in [-0.1, -0.05) is 13.8 Å². The Hall–Kier alpha value is -0.160. The molecule has 0 heterocycles. The molecule has 4 nitrogen and oxygen atoms in total. The van der Waals surface area contributed by atoms with Crippen molar-refractivity contribution < 1.29 is 9.84 Å². The highest BCUT2D eigenvalue weighted by molar-refractivity contribution is 4.92. The van der Waals surface area contributed by atoms with Gasteiger partial charge in [0, 0.05) is 31.8 Å². The fourth-order valence-corrected chi connectivity index (χ4v) is 2.61. The third-order valence-corrected chi connectivity index (χ3v) is 4.21. The predicted molar refractivity (Wildman–Crippen MR) is 74.5 cm³/mol. The molecule has 0 aliphatic heterocycles. The number of hydrogen-bond donors (Lipinski definition) is 2. The summed E-state index contributed by atoms with van der Waals surface area (Å²) >= 11 is 0. The molecule has 3 N–H and O–H groups in total. The Morgan fingerprint density at radius 3 is 2.33 bits per heavy atom. The van der Waals surface area contributed by atoms with Gasteiger partial charge in [0.05, 0.1) is 13.2 Å². The molecule has 0 bridgehead atoms. The molecule has 1 saturated carbocycles. The molecule has 1 fully saturated rings. The van der Waals surface area contributed by atoms with Gasteiger partial charge in [0.2, 0.25) is 0 Å². The Bertz CT molecular complexity index is 232. The summed E-state index contributed by atoms with van der Waals surface area (Å²) in [7, 11) is 1.72. The molecule has 1 aliphatic rings. The van der Waals surface area contributed by atoms with E-state index in [9.17, 15) is 5.11 Å². The van der Waals surface area contributed by atoms with Gasteiger partial charge in [-0.25, -0.2) is 0 Å². The number of nitrogens with zero attached hydrogens (tertiary/aromatic N) is 1. The maximum Gasteiger partial charge on any atom is 0.0602 e. The summed E-state index contributed by atoms with van der Waals surface area (Å²) in [4.78, 5) is 2.35. The Morgan fingerprint density at radius 2 is 1.94 bits per heavy atom. The molecule has 3 unspecified atom stereocenters. The maximum absolute atomic E-state index is 9.70. The van der Waals surface area contributed by atoms with Crippen molar-refractivity contribution in [3.05, 3.63) is 0 Å². The summed E-state index contributed by atoms with van der Waals surface area (Å²) in [6.45, 7) is 8.15. The first kappa shape index (κ1) is 15.9. The lowest BCUT2D eigenvalue weighted by atomic mass is 9.95. The molecule has 0 saturated heterocycles. The topological polar surface area (TPSA) is 58.7 Å². The number of hydrogen-bond acceptors (Lipinski definition) is 4. The largest absolute Gasteiger partial charge is 0.395 e. The van der Waals surface area contributed by atoms with Crippen LogP contribution in [0.3, 0.4) is 0 Å². The van der Waals surface area contributed by atoms with E-state index in [4.69, 9.17) is 10.5 Å². The van der Waals surface area contributed by atoms with E-state index in [1.807, 2.05) is 0 Å². The second kappa shape index (κ2) is 7.43. The third-order valence-electron chi connectivity index (χ3n) is 4.21. The van der Waals surface area contributed by atoms with Gasteiger partial charge in [-0.2, -0.15) is 0 Å². The van der Waals surface area contributed by atoms with E-state index in [2.05, 4.69) is 25.7 Å². The van der Waals surface area contributed by atoms with E-state index in [0.29, 0.717) is 18.6 Å². The number of nitrogens with two attached hydrogens (primary N) is 1. The number of methoxy groups -OCH3 is 1. The fourth-order valence-electron chi connectivity index (χ4n) is 2.61. The predicted octanol–water partition coefficient (Wildman–Crippen LogP) is 1.08. The Labute approximate surface area is 111 Å². The second-order valence-electron chi connectivity index (χ2n) is 5.88. The van der Waals surface area contributed by atoms with E-state index in [1.165, 1.54) is 12.8 Å². The Kier molecular flexibility index (Phi) is 6.57. The lowest BCUT2D eigenvalue weighted by Crippen LogP contribution is -2.56. The van der Waals surface area contributed by atoms with Crippen LogP contribution in [0.1, 0.15) is 33.6 Å². The number of rotatable bonds is 9. The van der Waals surface area contributed by atoms with E-state index >= 15 is 0 Å². The second-order valence-corrected chi connectivity index (χ2v) is 5.88. The highest BCUT2D eigenvalue weighted by Gasteiger charge is 2.37. The first-order valence-corrected chi connectivity index (χ1v) is 7.14. The zero-order valence-electron chi connectivity index (χ0n) is 12.3. The van der Waals surface area contributed by atoms with Crippen LogP contribution >= 0.6 is 0 Å². The van der Waals surface area contributed by atoms with Crippen LogP contribution in [-0.4, -0.2) is 55.0 Å². The van der Waals surface area contributed by atoms with Crippen LogP contribution in [0.5, 0.6) is 0 Å². The van der Waals surface area contributed by atoms with Crippen molar-refractivity contribution in [2.24, 2.45) is 17.6 Å². The molecule has 1 aliphatic carbocycles. The van der Waals surface area contributed by atoms with Gasteiger partial charge in [0.1, 0.15) is 0 Å². The van der Waals surface area contributed by atoms with Crippen molar-refractivity contribution in [2.45, 2.75) is 51.7 Å². The van der Waals surface area contributed by atoms with E-state index in [-0.39, 0.29) is 18.7 Å². The average Bonchev–Trinajstić information content (AvgIpc) is 3.16. The summed E-state index contributed by atoms with van der Waals surface area (Å²) < 4.78 is 5.19. The highest BCUT2D eigenvalue weighted by atomic mass is 16.5. The van der Waals surface area contributed by atoms with Crippen LogP contribution in [0.2, 0.25) is 0 Å². The summed E-state index contributed by atoms with van der Waals surface area (Å²) in [5.41, 5.74) is 6.26. The fraction of sp³-hybridized carbons (Fsp3) is 1.00. The molecule has 1 rings (SSSR count). The van der Waals surface area contributed by atoms with Crippen LogP contribution in [-0.2, 0) is 4.74 Å². The zero-order chi connectivity index (χ0) is 13.7. The summed E-state index contributed by atoms with van der Waals surface area (Å²) in [5, 5.41) is 9.70. The molecular formula is C14H30N2O2. The van der Waals surface area contributed by atoms with Crippen LogP contribution in [0.4, 0.5) is 0 Å². The molecule has 0 aromatic carbocycles. The van der Waals surface area contributed by atoms with Crippen molar-refractivity contribution in [2.75, 3.05) is 26.9 Å². The van der Waals surface area contributed by atoms with Crippen molar-refractivity contribution in [3.8, 4) is 0 Å². The lowest BCUT2D eigenvalue weighted by Gasteiger charge is -2.40. The standard InChI is InChI=1S/C14H30N2O2/c1-10(2)14(15)13(9-17)16(7-8-18-4)11(3)12-5-6-12/h10-14,17H,5-9,15H2,1-4H3. The molecule has 108 valence electrons. The van der Waals surface area contributed by atoms with E-state index in [1.54, 1.807) is 7.11 Å². The van der Waals surface area contributed by atoms with Crippen molar-refractivity contribution in [1.82, 2.24) is 4.90 Å². The highest BCUT2D eigenvalue weighted by Crippen LogP contribution is 2.36. The van der Waals surface area contributed by atoms with Crippen molar-refractivity contribution in [1.29, 1.82) is 0 Å². The maximum atomic E-state index is 9.70. The van der Waals surface area contributed by atoms with Crippen LogP contribution in [0.15, 0.2) is 0 Å². The van der Waals surface area contributed by atoms with Crippen molar-refractivity contribution >= 4 is 0 Å². The van der Waals surface area contributed by atoms with Gasteiger partial charge in [-0.05, 0) is 31.6 Å². The van der Waals surface area contributed by atoms with Gasteiger partial charge in [0.25, 0.3) is 0 Å². The van der Waals surface area contributed by atoms with E-state index < -0.39 is 0 Å². The quantitative estimate of drug-likeness (QED) is 0.650. The molecule has 0 amide bonds.